The maximum Gasteiger partial charge on any atom is 0.195 e. The fraction of sp³-hybridized carbons (Fsp3) is 0.800. The van der Waals surface area contributed by atoms with Gasteiger partial charge in [-0.05, 0) is 25.1 Å². The molecule has 1 aliphatic heterocycles. The van der Waals surface area contributed by atoms with Crippen molar-refractivity contribution in [3.63, 3.8) is 0 Å². The summed E-state index contributed by atoms with van der Waals surface area (Å²) in [6, 6.07) is 0. The van der Waals surface area contributed by atoms with Gasteiger partial charge < -0.3 is 9.30 Å². The molecule has 0 bridgehead atoms. The highest BCUT2D eigenvalue weighted by Gasteiger charge is 2.19. The number of aromatic amines is 1. The Balaban J connectivity index is 2.18. The zero-order chi connectivity index (χ0) is 10.8. The Hall–Kier alpha value is -0.680. The molecule has 0 saturated carbocycles. The Morgan fingerprint density at radius 2 is 2.47 bits per heavy atom. The first-order valence-electron chi connectivity index (χ1n) is 5.45. The molecular formula is C10H17N3OS. The van der Waals surface area contributed by atoms with Crippen LogP contribution >= 0.6 is 12.2 Å². The minimum Gasteiger partial charge on any atom is -0.376 e. The van der Waals surface area contributed by atoms with Crippen LogP contribution in [-0.2, 0) is 11.3 Å². The largest absolute Gasteiger partial charge is 0.376 e. The van der Waals surface area contributed by atoms with E-state index in [1.807, 2.05) is 0 Å². The van der Waals surface area contributed by atoms with Gasteiger partial charge in [0.2, 0.25) is 0 Å². The van der Waals surface area contributed by atoms with Crippen molar-refractivity contribution in [1.29, 1.82) is 0 Å². The summed E-state index contributed by atoms with van der Waals surface area (Å²) < 4.78 is 8.38. The molecule has 15 heavy (non-hydrogen) atoms. The van der Waals surface area contributed by atoms with Gasteiger partial charge in [0.05, 0.1) is 12.6 Å². The van der Waals surface area contributed by atoms with Gasteiger partial charge in [0, 0.05) is 12.5 Å². The van der Waals surface area contributed by atoms with Crippen molar-refractivity contribution in [1.82, 2.24) is 14.8 Å². The summed E-state index contributed by atoms with van der Waals surface area (Å²) in [5, 5.41) is 7.10. The highest BCUT2D eigenvalue weighted by Crippen LogP contribution is 2.17. The van der Waals surface area contributed by atoms with Gasteiger partial charge in [-0.25, -0.2) is 0 Å². The minimum absolute atomic E-state index is 0.312. The first-order chi connectivity index (χ1) is 7.18. The van der Waals surface area contributed by atoms with Crippen LogP contribution in [0.5, 0.6) is 0 Å². The number of hydrogen-bond acceptors (Lipinski definition) is 3. The molecule has 0 aromatic carbocycles. The average molecular weight is 227 g/mol. The average Bonchev–Trinajstić information content (AvgIpc) is 2.78. The van der Waals surface area contributed by atoms with Crippen LogP contribution < -0.4 is 0 Å². The molecule has 1 aliphatic rings. The van der Waals surface area contributed by atoms with Gasteiger partial charge in [-0.1, -0.05) is 13.8 Å². The van der Waals surface area contributed by atoms with Crippen molar-refractivity contribution in [2.45, 2.75) is 45.3 Å². The van der Waals surface area contributed by atoms with Crippen LogP contribution in [0.2, 0.25) is 0 Å². The summed E-state index contributed by atoms with van der Waals surface area (Å²) in [6.07, 6.45) is 2.60. The van der Waals surface area contributed by atoms with E-state index >= 15 is 0 Å². The van der Waals surface area contributed by atoms with Crippen molar-refractivity contribution in [2.24, 2.45) is 0 Å². The Labute approximate surface area is 94.6 Å². The van der Waals surface area contributed by atoms with Crippen LogP contribution in [0.3, 0.4) is 0 Å². The fourth-order valence-corrected chi connectivity index (χ4v) is 2.15. The second-order valence-corrected chi connectivity index (χ2v) is 4.67. The number of H-pyrrole nitrogens is 1. The standard InChI is InChI=1S/C10H17N3OS/c1-7(2)9-11-12-10(15)13(9)6-8-4-3-5-14-8/h7-8H,3-6H2,1-2H3,(H,12,15)/t8-/m0/s1. The second-order valence-electron chi connectivity index (χ2n) is 4.29. The van der Waals surface area contributed by atoms with Crippen LogP contribution in [0.1, 0.15) is 38.4 Å². The van der Waals surface area contributed by atoms with Gasteiger partial charge in [-0.3, -0.25) is 5.10 Å². The van der Waals surface area contributed by atoms with Crippen LogP contribution in [0.4, 0.5) is 0 Å². The molecule has 0 aliphatic carbocycles. The molecule has 84 valence electrons. The van der Waals surface area contributed by atoms with E-state index in [-0.39, 0.29) is 0 Å². The van der Waals surface area contributed by atoms with Crippen molar-refractivity contribution < 1.29 is 4.74 Å². The molecule has 1 atom stereocenters. The van der Waals surface area contributed by atoms with E-state index in [4.69, 9.17) is 17.0 Å². The molecule has 1 fully saturated rings. The second kappa shape index (κ2) is 4.45. The molecule has 1 N–H and O–H groups in total. The van der Waals surface area contributed by atoms with Crippen LogP contribution in [-0.4, -0.2) is 27.5 Å². The lowest BCUT2D eigenvalue weighted by atomic mass is 10.2. The molecule has 4 nitrogen and oxygen atoms in total. The van der Waals surface area contributed by atoms with Gasteiger partial charge in [-0.15, -0.1) is 0 Å². The topological polar surface area (TPSA) is 42.8 Å². The predicted octanol–water partition coefficient (Wildman–Crippen LogP) is 2.24. The Morgan fingerprint density at radius 1 is 1.67 bits per heavy atom. The lowest BCUT2D eigenvalue weighted by molar-refractivity contribution is 0.0957. The summed E-state index contributed by atoms with van der Waals surface area (Å²) in [5.74, 6) is 1.41. The van der Waals surface area contributed by atoms with E-state index in [0.717, 1.165) is 31.8 Å². The monoisotopic (exact) mass is 227 g/mol. The molecule has 2 heterocycles. The number of rotatable bonds is 3. The smallest absolute Gasteiger partial charge is 0.195 e. The van der Waals surface area contributed by atoms with Crippen molar-refractivity contribution in [2.75, 3.05) is 6.61 Å². The van der Waals surface area contributed by atoms with E-state index in [1.54, 1.807) is 0 Å². The minimum atomic E-state index is 0.312. The van der Waals surface area contributed by atoms with Crippen molar-refractivity contribution in [3.8, 4) is 0 Å². The normalized spacial score (nSPS) is 21.4. The summed E-state index contributed by atoms with van der Waals surface area (Å²) in [5.41, 5.74) is 0. The maximum absolute atomic E-state index is 5.61. The van der Waals surface area contributed by atoms with E-state index in [2.05, 4.69) is 28.6 Å². The van der Waals surface area contributed by atoms with Crippen LogP contribution in [0.15, 0.2) is 0 Å². The molecular weight excluding hydrogens is 210 g/mol. The number of ether oxygens (including phenoxy) is 1. The SMILES string of the molecule is CC(C)c1n[nH]c(=S)n1C[C@@H]1CCCO1. The summed E-state index contributed by atoms with van der Waals surface area (Å²) in [6.45, 7) is 5.96. The summed E-state index contributed by atoms with van der Waals surface area (Å²) in [4.78, 5) is 0. The highest BCUT2D eigenvalue weighted by molar-refractivity contribution is 7.71. The number of hydrogen-bond donors (Lipinski definition) is 1. The maximum atomic E-state index is 5.61. The first-order valence-corrected chi connectivity index (χ1v) is 5.86. The first kappa shape index (κ1) is 10.8. The predicted molar refractivity (Wildman–Crippen MR) is 60.5 cm³/mol. The number of nitrogens with one attached hydrogen (secondary N) is 1. The zero-order valence-corrected chi connectivity index (χ0v) is 10.0. The van der Waals surface area contributed by atoms with E-state index < -0.39 is 0 Å². The quantitative estimate of drug-likeness (QED) is 0.805. The molecule has 2 rings (SSSR count). The van der Waals surface area contributed by atoms with Gasteiger partial charge in [0.15, 0.2) is 4.77 Å². The van der Waals surface area contributed by atoms with Crippen LogP contribution in [0, 0.1) is 4.77 Å². The molecule has 1 aromatic heterocycles. The molecule has 1 aromatic rings. The van der Waals surface area contributed by atoms with E-state index in [9.17, 15) is 0 Å². The third-order valence-electron chi connectivity index (χ3n) is 2.71. The Kier molecular flexibility index (Phi) is 3.21. The summed E-state index contributed by atoms with van der Waals surface area (Å²) in [7, 11) is 0. The van der Waals surface area contributed by atoms with Gasteiger partial charge >= 0.3 is 0 Å². The number of nitrogens with zero attached hydrogens (tertiary/aromatic N) is 2. The fourth-order valence-electron chi connectivity index (χ4n) is 1.94. The lowest BCUT2D eigenvalue weighted by Crippen LogP contribution is -2.17. The molecule has 1 saturated heterocycles. The molecule has 0 radical (unpaired) electrons. The van der Waals surface area contributed by atoms with E-state index in [1.165, 1.54) is 0 Å². The molecule has 0 unspecified atom stereocenters. The van der Waals surface area contributed by atoms with Crippen molar-refractivity contribution in [3.05, 3.63) is 10.6 Å². The third-order valence-corrected chi connectivity index (χ3v) is 3.03. The van der Waals surface area contributed by atoms with E-state index in [0.29, 0.717) is 16.8 Å². The summed E-state index contributed by atoms with van der Waals surface area (Å²) >= 11 is 5.22. The van der Waals surface area contributed by atoms with Crippen LogP contribution in [0.25, 0.3) is 0 Å². The molecule has 5 heteroatoms. The number of aromatic nitrogens is 3. The van der Waals surface area contributed by atoms with Gasteiger partial charge in [0.1, 0.15) is 5.82 Å². The molecule has 0 amide bonds. The highest BCUT2D eigenvalue weighted by atomic mass is 32.1. The third kappa shape index (κ3) is 2.29. The Bertz CT molecular complexity index is 376. The lowest BCUT2D eigenvalue weighted by Gasteiger charge is -2.13. The van der Waals surface area contributed by atoms with Gasteiger partial charge in [0.25, 0.3) is 0 Å². The molecule has 0 spiro atoms. The Morgan fingerprint density at radius 3 is 3.07 bits per heavy atom. The zero-order valence-electron chi connectivity index (χ0n) is 9.19. The van der Waals surface area contributed by atoms with Gasteiger partial charge in [-0.2, -0.15) is 5.10 Å². The van der Waals surface area contributed by atoms with Crippen molar-refractivity contribution >= 4 is 12.2 Å².